The first-order valence-corrected chi connectivity index (χ1v) is 33.5. The third kappa shape index (κ3) is 32.3. The van der Waals surface area contributed by atoms with Crippen LogP contribution in [0.5, 0.6) is 0 Å². The van der Waals surface area contributed by atoms with Crippen LogP contribution >= 0.6 is 0 Å². The molecule has 506 valence electrons. The van der Waals surface area contributed by atoms with Crippen molar-refractivity contribution in [3.05, 3.63) is 97.2 Å². The first kappa shape index (κ1) is 78.9. The van der Waals surface area contributed by atoms with E-state index < -0.39 is 124 Å². The van der Waals surface area contributed by atoms with Crippen molar-refractivity contribution < 1.29 is 89.4 Å². The van der Waals surface area contributed by atoms with E-state index in [1.165, 1.54) is 83.5 Å². The number of hydrogen-bond donors (Lipinski definition) is 12. The Kier molecular flexibility index (Phi) is 45.1. The summed E-state index contributed by atoms with van der Waals surface area (Å²) in [5.41, 5.74) is 0. The van der Waals surface area contributed by atoms with Crippen molar-refractivity contribution in [2.45, 2.75) is 304 Å². The standard InChI is InChI=1S/C69H117NO18/c1-3-5-7-9-11-13-15-17-18-19-20-21-22-23-24-25-26-27-28-29-30-31-32-33-34-35-37-39-41-43-45-47-57(75)70-52(53(74)46-44-42-40-38-36-16-14-12-10-8-6-4-2)51-83-67-63(81)60(78)65(55(49-72)85-67)88-69-64(82)61(79)66(56(50-73)86-69)87-68-62(80)59(77)58(76)54(48-71)84-68/h5,7,10-13,17-18,20-21,23-24,36,38,44,46,52-56,58-69,71-74,76-82H,3-4,6,8-9,14-16,19,22,25-35,37,39-43,45,47-51H2,1-2H3,(H,70,75)/b7-5-,12-10+,13-11-,18-17-,21-20-,24-23-,38-36+,46-44+. The molecular weight excluding hydrogens is 1130 g/mol. The molecular formula is C69H117NO18. The van der Waals surface area contributed by atoms with Crippen molar-refractivity contribution in [1.82, 2.24) is 5.32 Å². The summed E-state index contributed by atoms with van der Waals surface area (Å²) >= 11 is 0. The molecule has 1 amide bonds. The van der Waals surface area contributed by atoms with E-state index in [4.69, 9.17) is 28.4 Å². The lowest BCUT2D eigenvalue weighted by atomic mass is 9.96. The summed E-state index contributed by atoms with van der Waals surface area (Å²) < 4.78 is 34.2. The normalized spacial score (nSPS) is 29.0. The van der Waals surface area contributed by atoms with Gasteiger partial charge >= 0.3 is 0 Å². The Balaban J connectivity index is 1.38. The third-order valence-electron chi connectivity index (χ3n) is 16.1. The van der Waals surface area contributed by atoms with Crippen LogP contribution in [-0.4, -0.2) is 193 Å². The average molecular weight is 1250 g/mol. The fraction of sp³-hybridized carbons (Fsp3) is 0.754. The molecule has 0 aromatic rings. The smallest absolute Gasteiger partial charge is 0.220 e. The zero-order valence-corrected chi connectivity index (χ0v) is 53.2. The molecule has 0 aromatic heterocycles. The topological polar surface area (TPSA) is 307 Å². The van der Waals surface area contributed by atoms with Crippen LogP contribution in [0.1, 0.15) is 200 Å². The molecule has 88 heavy (non-hydrogen) atoms. The second-order valence-corrected chi connectivity index (χ2v) is 23.5. The van der Waals surface area contributed by atoms with E-state index in [0.29, 0.717) is 12.8 Å². The fourth-order valence-electron chi connectivity index (χ4n) is 10.6. The van der Waals surface area contributed by atoms with Gasteiger partial charge in [-0.3, -0.25) is 4.79 Å². The molecule has 19 heteroatoms. The molecule has 0 saturated carbocycles. The molecule has 3 aliphatic heterocycles. The van der Waals surface area contributed by atoms with Crippen molar-refractivity contribution in [1.29, 1.82) is 0 Å². The molecule has 3 fully saturated rings. The summed E-state index contributed by atoms with van der Waals surface area (Å²) in [6.45, 7) is 1.51. The Hall–Kier alpha value is -3.29. The summed E-state index contributed by atoms with van der Waals surface area (Å²) in [7, 11) is 0. The summed E-state index contributed by atoms with van der Waals surface area (Å²) in [4.78, 5) is 13.4. The maximum Gasteiger partial charge on any atom is 0.220 e. The van der Waals surface area contributed by atoms with Gasteiger partial charge in [-0.25, -0.2) is 0 Å². The van der Waals surface area contributed by atoms with Crippen LogP contribution in [0.3, 0.4) is 0 Å². The van der Waals surface area contributed by atoms with E-state index in [9.17, 15) is 61.0 Å². The zero-order valence-electron chi connectivity index (χ0n) is 53.2. The van der Waals surface area contributed by atoms with Gasteiger partial charge in [0.1, 0.15) is 73.2 Å². The first-order chi connectivity index (χ1) is 42.8. The minimum absolute atomic E-state index is 0.226. The van der Waals surface area contributed by atoms with Crippen LogP contribution in [0.2, 0.25) is 0 Å². The van der Waals surface area contributed by atoms with E-state index >= 15 is 0 Å². The van der Waals surface area contributed by atoms with Gasteiger partial charge in [0.2, 0.25) is 5.91 Å². The quantitative estimate of drug-likeness (QED) is 0.0202. The van der Waals surface area contributed by atoms with E-state index in [1.807, 2.05) is 6.08 Å². The molecule has 3 aliphatic rings. The number of carbonyl (C=O) groups excluding carboxylic acids is 1. The third-order valence-corrected chi connectivity index (χ3v) is 16.1. The first-order valence-electron chi connectivity index (χ1n) is 33.5. The van der Waals surface area contributed by atoms with Gasteiger partial charge in [-0.15, -0.1) is 0 Å². The zero-order chi connectivity index (χ0) is 64.0. The van der Waals surface area contributed by atoms with E-state index in [2.05, 4.69) is 104 Å². The van der Waals surface area contributed by atoms with Crippen LogP contribution in [0.15, 0.2) is 97.2 Å². The van der Waals surface area contributed by atoms with Crippen LogP contribution in [-0.2, 0) is 33.2 Å². The number of aliphatic hydroxyl groups excluding tert-OH is 11. The molecule has 0 spiro atoms. The summed E-state index contributed by atoms with van der Waals surface area (Å²) in [5, 5.41) is 120. The molecule has 17 unspecified atom stereocenters. The van der Waals surface area contributed by atoms with Crippen molar-refractivity contribution in [3.8, 4) is 0 Å². The molecule has 3 heterocycles. The average Bonchev–Trinajstić information content (AvgIpc) is 1.54. The highest BCUT2D eigenvalue weighted by atomic mass is 16.8. The summed E-state index contributed by atoms with van der Waals surface area (Å²) in [6.07, 6.45) is 38.3. The monoisotopic (exact) mass is 1250 g/mol. The Bertz CT molecular complexity index is 1970. The molecule has 0 bridgehead atoms. The van der Waals surface area contributed by atoms with Gasteiger partial charge in [-0.05, 0) is 83.5 Å². The number of rotatable bonds is 49. The van der Waals surface area contributed by atoms with Gasteiger partial charge in [-0.1, -0.05) is 207 Å². The van der Waals surface area contributed by atoms with Gasteiger partial charge in [0.15, 0.2) is 18.9 Å². The Labute approximate surface area is 526 Å². The molecule has 3 saturated heterocycles. The maximum atomic E-state index is 13.4. The molecule has 3 rings (SSSR count). The van der Waals surface area contributed by atoms with E-state index in [0.717, 1.165) is 83.5 Å². The number of ether oxygens (including phenoxy) is 6. The number of amides is 1. The Morgan fingerprint density at radius 2 is 0.795 bits per heavy atom. The van der Waals surface area contributed by atoms with Crippen LogP contribution in [0.4, 0.5) is 0 Å². The van der Waals surface area contributed by atoms with Gasteiger partial charge in [0, 0.05) is 6.42 Å². The number of unbranched alkanes of at least 4 members (excludes halogenated alkanes) is 19. The molecule has 19 nitrogen and oxygen atoms in total. The highest BCUT2D eigenvalue weighted by Gasteiger charge is 2.53. The van der Waals surface area contributed by atoms with Crippen LogP contribution in [0, 0.1) is 0 Å². The van der Waals surface area contributed by atoms with Gasteiger partial charge in [-0.2, -0.15) is 0 Å². The van der Waals surface area contributed by atoms with E-state index in [1.54, 1.807) is 6.08 Å². The summed E-state index contributed by atoms with van der Waals surface area (Å²) in [5.74, 6) is -0.295. The molecule has 17 atom stereocenters. The number of carbonyl (C=O) groups is 1. The Morgan fingerprint density at radius 1 is 0.420 bits per heavy atom. The van der Waals surface area contributed by atoms with Crippen LogP contribution < -0.4 is 5.32 Å². The summed E-state index contributed by atoms with van der Waals surface area (Å²) in [6, 6.07) is -1.00. The van der Waals surface area contributed by atoms with Crippen molar-refractivity contribution in [2.75, 3.05) is 26.4 Å². The predicted octanol–water partition coefficient (Wildman–Crippen LogP) is 8.10. The molecule has 0 aromatic carbocycles. The minimum atomic E-state index is -1.99. The second kappa shape index (κ2) is 50.3. The lowest BCUT2D eigenvalue weighted by Gasteiger charge is -2.48. The molecule has 0 aliphatic carbocycles. The lowest BCUT2D eigenvalue weighted by molar-refractivity contribution is -0.379. The predicted molar refractivity (Wildman–Crippen MR) is 341 cm³/mol. The number of hydrogen-bond acceptors (Lipinski definition) is 18. The SMILES string of the molecule is CC/C=C\C/C=C\C/C=C\C/C=C\C/C=C\CCCCCCCCCCCCCCCCCC(=O)NC(COC1OC(CO)C(OC2OC(CO)C(OC3OC(CO)C(O)C(O)C3O)C(O)C2O)C(O)C1O)C(O)/C=C/CC/C=C/CC/C=C/CCCC. The Morgan fingerprint density at radius 3 is 1.27 bits per heavy atom. The largest absolute Gasteiger partial charge is 0.394 e. The van der Waals surface area contributed by atoms with Gasteiger partial charge < -0.3 is 89.9 Å². The highest BCUT2D eigenvalue weighted by Crippen LogP contribution is 2.33. The van der Waals surface area contributed by atoms with Crippen molar-refractivity contribution in [2.24, 2.45) is 0 Å². The fourth-order valence-corrected chi connectivity index (χ4v) is 10.6. The van der Waals surface area contributed by atoms with Gasteiger partial charge in [0.05, 0.1) is 38.6 Å². The maximum absolute atomic E-state index is 13.4. The number of aliphatic hydroxyl groups is 11. The van der Waals surface area contributed by atoms with Crippen LogP contribution in [0.25, 0.3) is 0 Å². The molecule has 12 N–H and O–H groups in total. The molecule has 0 radical (unpaired) electrons. The highest BCUT2D eigenvalue weighted by molar-refractivity contribution is 5.76. The minimum Gasteiger partial charge on any atom is -0.394 e. The van der Waals surface area contributed by atoms with E-state index in [-0.39, 0.29) is 18.9 Å². The number of allylic oxidation sites excluding steroid dienone is 15. The van der Waals surface area contributed by atoms with Gasteiger partial charge in [0.25, 0.3) is 0 Å². The number of nitrogens with one attached hydrogen (secondary N) is 1. The second-order valence-electron chi connectivity index (χ2n) is 23.5. The van der Waals surface area contributed by atoms with Crippen molar-refractivity contribution >= 4 is 5.91 Å². The van der Waals surface area contributed by atoms with Crippen molar-refractivity contribution in [3.63, 3.8) is 0 Å². The lowest BCUT2D eigenvalue weighted by Crippen LogP contribution is -2.66.